The summed E-state index contributed by atoms with van der Waals surface area (Å²) in [5, 5.41) is 0. The van der Waals surface area contributed by atoms with Crippen molar-refractivity contribution in [2.75, 3.05) is 26.4 Å². The molecule has 0 aliphatic carbocycles. The number of ether oxygens (including phenoxy) is 2. The number of unbranched alkanes of at least 4 members (excludes halogenated alkanes) is 50. The van der Waals surface area contributed by atoms with Gasteiger partial charge >= 0.3 is 19.8 Å². The fourth-order valence-corrected chi connectivity index (χ4v) is 13.1. The molecule has 0 fully saturated rings. The highest BCUT2D eigenvalue weighted by molar-refractivity contribution is 7.47. The van der Waals surface area contributed by atoms with E-state index < -0.39 is 26.5 Å². The van der Waals surface area contributed by atoms with E-state index in [0.717, 1.165) is 83.5 Å². The van der Waals surface area contributed by atoms with Crippen molar-refractivity contribution >= 4 is 19.8 Å². The van der Waals surface area contributed by atoms with Gasteiger partial charge in [-0.15, -0.1) is 0 Å². The molecule has 2 atom stereocenters. The normalized spacial score (nSPS) is 13.3. The van der Waals surface area contributed by atoms with Crippen LogP contribution in [-0.4, -0.2) is 49.3 Å². The van der Waals surface area contributed by atoms with E-state index in [0.29, 0.717) is 6.42 Å². The molecular formula is C87H158NO8P. The van der Waals surface area contributed by atoms with Crippen LogP contribution in [-0.2, 0) is 32.7 Å². The van der Waals surface area contributed by atoms with E-state index in [2.05, 4.69) is 111 Å². The molecule has 0 aliphatic heterocycles. The zero-order chi connectivity index (χ0) is 70.0. The summed E-state index contributed by atoms with van der Waals surface area (Å²) in [6.45, 7) is 3.69. The van der Waals surface area contributed by atoms with Crippen molar-refractivity contribution < 1.29 is 37.6 Å². The number of esters is 2. The van der Waals surface area contributed by atoms with E-state index in [4.69, 9.17) is 24.3 Å². The Bertz CT molecular complexity index is 1920. The summed E-state index contributed by atoms with van der Waals surface area (Å²) in [6, 6.07) is 0. The maximum atomic E-state index is 12.8. The minimum atomic E-state index is -4.40. The molecule has 0 amide bonds. The third-order valence-corrected chi connectivity index (χ3v) is 19.4. The van der Waals surface area contributed by atoms with Crippen LogP contribution < -0.4 is 5.73 Å². The standard InChI is InChI=1S/C87H158NO8P/c1-3-5-7-9-11-13-15-17-19-21-23-25-27-29-31-33-35-37-39-40-41-42-43-44-46-47-49-51-53-55-57-59-61-63-65-67-69-71-73-75-77-79-86(89)93-83-85(84-95-97(91,92)94-82-81-88)96-87(90)80-78-76-74-72-70-68-66-64-62-60-58-56-54-52-50-48-45-38-36-34-32-30-28-26-24-22-20-18-16-14-12-10-8-6-4-2/h6,8,12,14,18,20-21,23-24,26,30,32,36,38,48,50,85H,3-5,7,9-11,13,15-17,19,22,25,27-29,31,33-35,37,39-47,49,51-84,88H2,1-2H3,(H,91,92)/b8-6-,14-12-,20-18-,23-21-,26-24-,32-30-,38-36-,50-48-. The van der Waals surface area contributed by atoms with Gasteiger partial charge in [0, 0.05) is 19.4 Å². The number of hydrogen-bond donors (Lipinski definition) is 2. The molecule has 0 aliphatic rings. The average Bonchev–Trinajstić information content (AvgIpc) is 2.69. The van der Waals surface area contributed by atoms with Crippen LogP contribution in [0.25, 0.3) is 0 Å². The molecule has 3 N–H and O–H groups in total. The molecule has 0 heterocycles. The number of rotatable bonds is 79. The van der Waals surface area contributed by atoms with Crippen LogP contribution in [0.3, 0.4) is 0 Å². The summed E-state index contributed by atoms with van der Waals surface area (Å²) in [6.07, 6.45) is 113. The lowest BCUT2D eigenvalue weighted by Gasteiger charge is -2.19. The summed E-state index contributed by atoms with van der Waals surface area (Å²) in [7, 11) is -4.40. The molecule has 0 rings (SSSR count). The maximum absolute atomic E-state index is 12.8. The molecule has 564 valence electrons. The zero-order valence-corrected chi connectivity index (χ0v) is 64.7. The van der Waals surface area contributed by atoms with Gasteiger partial charge in [0.1, 0.15) is 6.61 Å². The van der Waals surface area contributed by atoms with Crippen LogP contribution in [0.2, 0.25) is 0 Å². The highest BCUT2D eigenvalue weighted by atomic mass is 31.2. The van der Waals surface area contributed by atoms with Gasteiger partial charge in [-0.1, -0.05) is 400 Å². The predicted octanol–water partition coefficient (Wildman–Crippen LogP) is 28.2. The molecule has 0 aromatic carbocycles. The van der Waals surface area contributed by atoms with E-state index in [9.17, 15) is 19.0 Å². The van der Waals surface area contributed by atoms with Crippen molar-refractivity contribution in [3.8, 4) is 0 Å². The van der Waals surface area contributed by atoms with Gasteiger partial charge in [0.15, 0.2) is 6.10 Å². The first-order valence-electron chi connectivity index (χ1n) is 41.7. The van der Waals surface area contributed by atoms with Gasteiger partial charge in [0.25, 0.3) is 0 Å². The summed E-state index contributed by atoms with van der Waals surface area (Å²) < 4.78 is 33.3. The third kappa shape index (κ3) is 81.8. The lowest BCUT2D eigenvalue weighted by molar-refractivity contribution is -0.161. The lowest BCUT2D eigenvalue weighted by Crippen LogP contribution is -2.29. The molecule has 0 radical (unpaired) electrons. The Morgan fingerprint density at radius 2 is 0.567 bits per heavy atom. The van der Waals surface area contributed by atoms with Crippen LogP contribution >= 0.6 is 7.82 Å². The molecule has 10 heteroatoms. The fourth-order valence-electron chi connectivity index (χ4n) is 12.3. The summed E-state index contributed by atoms with van der Waals surface area (Å²) >= 11 is 0. The van der Waals surface area contributed by atoms with E-state index in [-0.39, 0.29) is 38.6 Å². The molecule has 97 heavy (non-hydrogen) atoms. The van der Waals surface area contributed by atoms with Gasteiger partial charge < -0.3 is 20.1 Å². The Kier molecular flexibility index (Phi) is 79.3. The molecule has 2 unspecified atom stereocenters. The van der Waals surface area contributed by atoms with E-state index in [1.807, 2.05) is 0 Å². The molecule has 0 bridgehead atoms. The Morgan fingerprint density at radius 3 is 0.856 bits per heavy atom. The lowest BCUT2D eigenvalue weighted by atomic mass is 10.0. The number of carbonyl (C=O) groups is 2. The van der Waals surface area contributed by atoms with Crippen molar-refractivity contribution in [2.45, 2.75) is 418 Å². The monoisotopic (exact) mass is 1380 g/mol. The zero-order valence-electron chi connectivity index (χ0n) is 63.8. The number of allylic oxidation sites excluding steroid dienone is 16. The molecular weight excluding hydrogens is 1220 g/mol. The van der Waals surface area contributed by atoms with Crippen molar-refractivity contribution in [3.63, 3.8) is 0 Å². The predicted molar refractivity (Wildman–Crippen MR) is 422 cm³/mol. The third-order valence-electron chi connectivity index (χ3n) is 18.5. The van der Waals surface area contributed by atoms with Gasteiger partial charge in [0.2, 0.25) is 0 Å². The summed E-state index contributed by atoms with van der Waals surface area (Å²) in [5.74, 6) is -0.813. The minimum Gasteiger partial charge on any atom is -0.462 e. The molecule has 9 nitrogen and oxygen atoms in total. The number of carbonyl (C=O) groups excluding carboxylic acids is 2. The van der Waals surface area contributed by atoms with E-state index >= 15 is 0 Å². The molecule has 0 saturated heterocycles. The molecule has 0 aromatic rings. The summed E-state index contributed by atoms with van der Waals surface area (Å²) in [5.41, 5.74) is 5.42. The second-order valence-corrected chi connectivity index (χ2v) is 29.4. The molecule has 0 spiro atoms. The number of phosphoric acid groups is 1. The van der Waals surface area contributed by atoms with Crippen molar-refractivity contribution in [2.24, 2.45) is 5.73 Å². The van der Waals surface area contributed by atoms with Crippen molar-refractivity contribution in [3.05, 3.63) is 97.2 Å². The van der Waals surface area contributed by atoms with Crippen molar-refractivity contribution in [1.29, 1.82) is 0 Å². The number of phosphoric ester groups is 1. The van der Waals surface area contributed by atoms with Crippen LogP contribution in [0.15, 0.2) is 97.2 Å². The number of hydrogen-bond acceptors (Lipinski definition) is 8. The first-order chi connectivity index (χ1) is 47.8. The van der Waals surface area contributed by atoms with Gasteiger partial charge in [-0.2, -0.15) is 0 Å². The smallest absolute Gasteiger partial charge is 0.462 e. The molecule has 0 aromatic heterocycles. The summed E-state index contributed by atoms with van der Waals surface area (Å²) in [4.78, 5) is 35.5. The Hall–Kier alpha value is -3.07. The Morgan fingerprint density at radius 1 is 0.320 bits per heavy atom. The largest absolute Gasteiger partial charge is 0.472 e. The van der Waals surface area contributed by atoms with Gasteiger partial charge in [0.05, 0.1) is 13.2 Å². The maximum Gasteiger partial charge on any atom is 0.472 e. The van der Waals surface area contributed by atoms with Crippen molar-refractivity contribution in [1.82, 2.24) is 0 Å². The highest BCUT2D eigenvalue weighted by Gasteiger charge is 2.26. The van der Waals surface area contributed by atoms with Crippen LogP contribution in [0, 0.1) is 0 Å². The van der Waals surface area contributed by atoms with Gasteiger partial charge in [-0.05, 0) is 96.3 Å². The first kappa shape index (κ1) is 93.9. The van der Waals surface area contributed by atoms with Crippen LogP contribution in [0.5, 0.6) is 0 Å². The Labute approximate surface area is 601 Å². The van der Waals surface area contributed by atoms with Crippen LogP contribution in [0.4, 0.5) is 0 Å². The fraction of sp³-hybridized carbons (Fsp3) is 0.793. The van der Waals surface area contributed by atoms with Gasteiger partial charge in [-0.25, -0.2) is 4.57 Å². The minimum absolute atomic E-state index is 0.0520. The average molecular weight is 1380 g/mol. The topological polar surface area (TPSA) is 134 Å². The van der Waals surface area contributed by atoms with E-state index in [1.165, 1.54) is 295 Å². The Balaban J connectivity index is 3.77. The number of nitrogens with two attached hydrogens (primary N) is 1. The van der Waals surface area contributed by atoms with Crippen LogP contribution in [0.1, 0.15) is 412 Å². The second-order valence-electron chi connectivity index (χ2n) is 28.0. The van der Waals surface area contributed by atoms with E-state index in [1.54, 1.807) is 0 Å². The van der Waals surface area contributed by atoms with Gasteiger partial charge in [-0.3, -0.25) is 18.6 Å². The highest BCUT2D eigenvalue weighted by Crippen LogP contribution is 2.43. The molecule has 0 saturated carbocycles. The first-order valence-corrected chi connectivity index (χ1v) is 43.2. The second kappa shape index (κ2) is 81.9. The quantitative estimate of drug-likeness (QED) is 0.0264. The SMILES string of the molecule is CC/C=C\C/C=C\C/C=C\C/C=C\C/C=C\C/C=C\C/C=C\CCCCCCCCCCCCCCCC(=O)OC(COC(=O)CCCCCCCCCCCCCCCCCCCCCCCCCCCCCCC/C=C\CCCCCCCCCC)COP(=O)(O)OCCN.